The highest BCUT2D eigenvalue weighted by Crippen LogP contribution is 2.34. The van der Waals surface area contributed by atoms with Crippen LogP contribution in [0, 0.1) is 0 Å². The summed E-state index contributed by atoms with van der Waals surface area (Å²) in [6.07, 6.45) is 0. The lowest BCUT2D eigenvalue weighted by Gasteiger charge is -2.10. The molecule has 0 aliphatic carbocycles. The highest BCUT2D eigenvalue weighted by atomic mass is 35.5. The van der Waals surface area contributed by atoms with E-state index >= 15 is 0 Å². The maximum Gasteiger partial charge on any atom is 0.296 e. The highest BCUT2D eigenvalue weighted by molar-refractivity contribution is 7.86. The van der Waals surface area contributed by atoms with Gasteiger partial charge in [-0.05, 0) is 30.3 Å². The lowest BCUT2D eigenvalue weighted by Crippen LogP contribution is -2.12. The highest BCUT2D eigenvalue weighted by Gasteiger charge is 2.18. The van der Waals surface area contributed by atoms with Gasteiger partial charge < -0.3 is 10.5 Å². The van der Waals surface area contributed by atoms with E-state index in [9.17, 15) is 13.0 Å². The van der Waals surface area contributed by atoms with Crippen molar-refractivity contribution in [2.24, 2.45) is 10.7 Å². The predicted molar refractivity (Wildman–Crippen MR) is 94.8 cm³/mol. The Labute approximate surface area is 153 Å². The van der Waals surface area contributed by atoms with Crippen molar-refractivity contribution in [1.29, 1.82) is 0 Å². The van der Waals surface area contributed by atoms with E-state index in [0.29, 0.717) is 5.02 Å². The van der Waals surface area contributed by atoms with Crippen LogP contribution in [0.5, 0.6) is 11.5 Å². The minimum absolute atomic E-state index is 0.00372. The Bertz CT molecular complexity index is 901. The molecule has 0 atom stereocenters. The summed E-state index contributed by atoms with van der Waals surface area (Å²) < 4.78 is 38.0. The summed E-state index contributed by atoms with van der Waals surface area (Å²) in [5.41, 5.74) is 5.43. The van der Waals surface area contributed by atoms with Crippen molar-refractivity contribution in [3.63, 3.8) is 0 Å². The van der Waals surface area contributed by atoms with Gasteiger partial charge in [0, 0.05) is 11.1 Å². The maximum absolute atomic E-state index is 11.6. The fourth-order valence-electron chi connectivity index (χ4n) is 1.73. The summed E-state index contributed by atoms with van der Waals surface area (Å²) in [4.78, 5) is 3.37. The van der Waals surface area contributed by atoms with E-state index in [-0.39, 0.29) is 33.9 Å². The molecule has 0 bridgehead atoms. The number of aliphatic imine (C=N–C) groups is 1. The monoisotopic (exact) mass is 408 g/mol. The molecule has 0 fully saturated rings. The third kappa shape index (κ3) is 4.75. The van der Waals surface area contributed by atoms with E-state index in [1.807, 2.05) is 0 Å². The third-order valence-corrected chi connectivity index (χ3v) is 4.42. The van der Waals surface area contributed by atoms with Gasteiger partial charge in [0.05, 0.1) is 16.6 Å². The fourth-order valence-corrected chi connectivity index (χ4v) is 2.88. The molecule has 10 heteroatoms. The lowest BCUT2D eigenvalue weighted by atomic mass is 10.3. The van der Waals surface area contributed by atoms with Crippen LogP contribution in [0.2, 0.25) is 10.0 Å². The minimum Gasteiger partial charge on any atom is -0.456 e. The Hall–Kier alpha value is -1.51. The quantitative estimate of drug-likeness (QED) is 0.332. The van der Waals surface area contributed by atoms with Crippen molar-refractivity contribution in [2.45, 2.75) is 4.90 Å². The molecule has 0 spiro atoms. The second-order valence-electron chi connectivity index (χ2n) is 4.52. The van der Waals surface area contributed by atoms with Crippen LogP contribution >= 0.6 is 34.8 Å². The molecule has 0 aromatic heterocycles. The molecule has 24 heavy (non-hydrogen) atoms. The first-order valence-electron chi connectivity index (χ1n) is 6.34. The smallest absolute Gasteiger partial charge is 0.296 e. The van der Waals surface area contributed by atoms with Gasteiger partial charge in [-0.15, -0.1) is 11.6 Å². The van der Waals surface area contributed by atoms with Gasteiger partial charge in [-0.2, -0.15) is 8.42 Å². The van der Waals surface area contributed by atoms with Gasteiger partial charge in [0.2, 0.25) is 0 Å². The molecular weight excluding hydrogens is 399 g/mol. The average Bonchev–Trinajstić information content (AvgIpc) is 2.50. The molecular formula is C14H11Cl3N2O4S. The number of rotatable bonds is 5. The summed E-state index contributed by atoms with van der Waals surface area (Å²) in [6, 6.07) is 8.42. The molecule has 0 unspecified atom stereocenters. The van der Waals surface area contributed by atoms with Crippen LogP contribution in [0.25, 0.3) is 0 Å². The van der Waals surface area contributed by atoms with Crippen LogP contribution in [-0.2, 0) is 10.1 Å². The fraction of sp³-hybridized carbons (Fsp3) is 0.0714. The van der Waals surface area contributed by atoms with Gasteiger partial charge in [0.15, 0.2) is 0 Å². The second kappa shape index (κ2) is 7.58. The molecule has 0 radical (unpaired) electrons. The topological polar surface area (TPSA) is 102 Å². The van der Waals surface area contributed by atoms with Crippen LogP contribution in [0.3, 0.4) is 0 Å². The standard InChI is InChI=1S/C14H11Cl3N2O4S/c15-7-14(18)19-11-3-2-9(6-13(11)24(20,21)22)23-12-4-1-8(16)5-10(12)17/h1-6H,7H2,(H2,18,19)(H,20,21,22). The number of amidine groups is 1. The normalized spacial score (nSPS) is 12.2. The number of halogens is 3. The van der Waals surface area contributed by atoms with Crippen molar-refractivity contribution >= 4 is 56.4 Å². The van der Waals surface area contributed by atoms with Crippen LogP contribution < -0.4 is 10.5 Å². The SMILES string of the molecule is NC(CCl)=Nc1ccc(Oc2ccc(Cl)cc2Cl)cc1S(=O)(=O)O. The molecule has 6 nitrogen and oxygen atoms in total. The number of alkyl halides is 1. The first-order chi connectivity index (χ1) is 11.2. The zero-order valence-corrected chi connectivity index (χ0v) is 15.0. The summed E-state index contributed by atoms with van der Waals surface area (Å²) in [6.45, 7) is 0. The summed E-state index contributed by atoms with van der Waals surface area (Å²) >= 11 is 17.3. The molecule has 2 rings (SSSR count). The zero-order chi connectivity index (χ0) is 17.9. The van der Waals surface area contributed by atoms with E-state index in [2.05, 4.69) is 4.99 Å². The van der Waals surface area contributed by atoms with Crippen LogP contribution in [-0.4, -0.2) is 24.7 Å². The molecule has 0 aliphatic heterocycles. The summed E-state index contributed by atoms with van der Waals surface area (Å²) in [7, 11) is -4.56. The van der Waals surface area contributed by atoms with Gasteiger partial charge in [-0.1, -0.05) is 23.2 Å². The minimum atomic E-state index is -4.56. The number of benzene rings is 2. The largest absolute Gasteiger partial charge is 0.456 e. The van der Waals surface area contributed by atoms with Gasteiger partial charge in [-0.3, -0.25) is 4.55 Å². The molecule has 2 aromatic rings. The van der Waals surface area contributed by atoms with Gasteiger partial charge >= 0.3 is 0 Å². The molecule has 0 saturated carbocycles. The van der Waals surface area contributed by atoms with Crippen molar-refractivity contribution in [3.8, 4) is 11.5 Å². The molecule has 128 valence electrons. The number of hydrogen-bond acceptors (Lipinski definition) is 4. The van der Waals surface area contributed by atoms with Crippen molar-refractivity contribution in [3.05, 3.63) is 46.4 Å². The van der Waals surface area contributed by atoms with Crippen molar-refractivity contribution < 1.29 is 17.7 Å². The summed E-state index contributed by atoms with van der Waals surface area (Å²) in [5.74, 6) is 0.286. The molecule has 0 saturated heterocycles. The second-order valence-corrected chi connectivity index (χ2v) is 7.02. The Morgan fingerprint density at radius 1 is 1.21 bits per heavy atom. The van der Waals surface area contributed by atoms with E-state index in [0.717, 1.165) is 6.07 Å². The molecule has 0 amide bonds. The van der Waals surface area contributed by atoms with E-state index in [4.69, 9.17) is 45.3 Å². The van der Waals surface area contributed by atoms with Crippen LogP contribution in [0.1, 0.15) is 0 Å². The third-order valence-electron chi connectivity index (χ3n) is 2.73. The van der Waals surface area contributed by atoms with Gasteiger partial charge in [0.25, 0.3) is 10.1 Å². The van der Waals surface area contributed by atoms with Crippen molar-refractivity contribution in [2.75, 3.05) is 5.88 Å². The summed E-state index contributed by atoms with van der Waals surface area (Å²) in [5, 5.41) is 0.664. The van der Waals surface area contributed by atoms with E-state index in [1.54, 1.807) is 6.07 Å². The zero-order valence-electron chi connectivity index (χ0n) is 11.9. The van der Waals surface area contributed by atoms with E-state index < -0.39 is 15.0 Å². The number of hydrogen-bond donors (Lipinski definition) is 2. The Balaban J connectivity index is 2.46. The van der Waals surface area contributed by atoms with Gasteiger partial charge in [-0.25, -0.2) is 4.99 Å². The first kappa shape index (κ1) is 18.8. The Morgan fingerprint density at radius 2 is 1.92 bits per heavy atom. The maximum atomic E-state index is 11.6. The Kier molecular flexibility index (Phi) is 5.95. The van der Waals surface area contributed by atoms with Crippen molar-refractivity contribution in [1.82, 2.24) is 0 Å². The average molecular weight is 410 g/mol. The number of nitrogens with zero attached hydrogens (tertiary/aromatic N) is 1. The number of nitrogens with two attached hydrogens (primary N) is 1. The Morgan fingerprint density at radius 3 is 2.50 bits per heavy atom. The van der Waals surface area contributed by atoms with Gasteiger partial charge in [0.1, 0.15) is 22.2 Å². The molecule has 0 heterocycles. The number of ether oxygens (including phenoxy) is 1. The molecule has 3 N–H and O–H groups in total. The first-order valence-corrected chi connectivity index (χ1v) is 9.07. The molecule has 2 aromatic carbocycles. The predicted octanol–water partition coefficient (Wildman–Crippen LogP) is 4.26. The van der Waals surface area contributed by atoms with Crippen LogP contribution in [0.15, 0.2) is 46.3 Å². The van der Waals surface area contributed by atoms with Crippen LogP contribution in [0.4, 0.5) is 5.69 Å². The van der Waals surface area contributed by atoms with E-state index in [1.165, 1.54) is 24.3 Å². The lowest BCUT2D eigenvalue weighted by molar-refractivity contribution is 0.472. The molecule has 0 aliphatic rings.